The Balaban J connectivity index is 1.54. The van der Waals surface area contributed by atoms with Crippen LogP contribution in [0.5, 0.6) is 0 Å². The van der Waals surface area contributed by atoms with E-state index in [1.165, 1.54) is 4.90 Å². The fourth-order valence-corrected chi connectivity index (χ4v) is 3.22. The summed E-state index contributed by atoms with van der Waals surface area (Å²) in [6.07, 6.45) is 4.90. The number of imide groups is 1. The summed E-state index contributed by atoms with van der Waals surface area (Å²) in [6.45, 7) is 0.108. The van der Waals surface area contributed by atoms with Gasteiger partial charge in [-0.2, -0.15) is 0 Å². The van der Waals surface area contributed by atoms with Gasteiger partial charge in [0.2, 0.25) is 5.76 Å². The molecule has 1 saturated carbocycles. The molecule has 3 amide bonds. The molecule has 7 heteroatoms. The number of rotatable bonds is 3. The molecule has 4 rings (SSSR count). The van der Waals surface area contributed by atoms with Crippen molar-refractivity contribution >= 4 is 11.9 Å². The number of nitrogens with zero attached hydrogens (tertiary/aromatic N) is 2. The van der Waals surface area contributed by atoms with E-state index in [2.05, 4.69) is 10.5 Å². The Hall–Kier alpha value is -2.57. The number of nitrogens with one attached hydrogen (secondary N) is 1. The number of amides is 3. The van der Waals surface area contributed by atoms with Crippen molar-refractivity contribution in [1.29, 1.82) is 0 Å². The zero-order valence-electron chi connectivity index (χ0n) is 11.9. The van der Waals surface area contributed by atoms with E-state index in [4.69, 9.17) is 8.94 Å². The van der Waals surface area contributed by atoms with Crippen molar-refractivity contribution in [1.82, 2.24) is 15.4 Å². The lowest BCUT2D eigenvalue weighted by Gasteiger charge is -2.19. The zero-order chi connectivity index (χ0) is 15.2. The summed E-state index contributed by atoms with van der Waals surface area (Å²) in [5.41, 5.74) is -0.171. The molecule has 2 aliphatic rings. The van der Waals surface area contributed by atoms with E-state index >= 15 is 0 Å². The van der Waals surface area contributed by atoms with Gasteiger partial charge in [0.1, 0.15) is 11.2 Å². The summed E-state index contributed by atoms with van der Waals surface area (Å²) in [4.78, 5) is 25.9. The van der Waals surface area contributed by atoms with Crippen molar-refractivity contribution in [2.45, 2.75) is 37.8 Å². The van der Waals surface area contributed by atoms with Crippen molar-refractivity contribution in [3.63, 3.8) is 0 Å². The first kappa shape index (κ1) is 13.1. The van der Waals surface area contributed by atoms with Gasteiger partial charge in [0.15, 0.2) is 5.76 Å². The predicted molar refractivity (Wildman–Crippen MR) is 74.5 cm³/mol. The summed E-state index contributed by atoms with van der Waals surface area (Å²) in [5, 5.41) is 6.75. The smallest absolute Gasteiger partial charge is 0.325 e. The lowest BCUT2D eigenvalue weighted by Crippen LogP contribution is -2.44. The highest BCUT2D eigenvalue weighted by Gasteiger charge is 2.52. The normalized spacial score (nSPS) is 20.1. The predicted octanol–water partition coefficient (Wildman–Crippen LogP) is 2.30. The molecule has 0 radical (unpaired) electrons. The first-order valence-electron chi connectivity index (χ1n) is 7.32. The molecular weight excluding hydrogens is 286 g/mol. The lowest BCUT2D eigenvalue weighted by atomic mass is 9.98. The van der Waals surface area contributed by atoms with Crippen LogP contribution in [0.25, 0.3) is 11.5 Å². The fourth-order valence-electron chi connectivity index (χ4n) is 3.22. The van der Waals surface area contributed by atoms with E-state index in [1.54, 1.807) is 24.5 Å². The summed E-state index contributed by atoms with van der Waals surface area (Å²) < 4.78 is 10.4. The number of urea groups is 1. The molecule has 3 heterocycles. The van der Waals surface area contributed by atoms with Crippen LogP contribution in [0, 0.1) is 0 Å². The standard InChI is InChI=1S/C15H15N3O4/c19-13-15(5-1-2-6-15)16-14(20)18(13)9-10-8-12(22-17-10)11-4-3-7-21-11/h3-4,7-8H,1-2,5-6,9H2,(H,16,20). The fraction of sp³-hybridized carbons (Fsp3) is 0.400. The molecule has 1 spiro atoms. The number of hydrogen-bond acceptors (Lipinski definition) is 5. The molecule has 2 fully saturated rings. The minimum absolute atomic E-state index is 0.108. The molecule has 114 valence electrons. The maximum absolute atomic E-state index is 12.5. The van der Waals surface area contributed by atoms with Gasteiger partial charge >= 0.3 is 6.03 Å². The van der Waals surface area contributed by atoms with Gasteiger partial charge in [0.05, 0.1) is 12.8 Å². The molecule has 1 aliphatic heterocycles. The molecule has 7 nitrogen and oxygen atoms in total. The maximum Gasteiger partial charge on any atom is 0.325 e. The Bertz CT molecular complexity index is 713. The van der Waals surface area contributed by atoms with E-state index in [9.17, 15) is 9.59 Å². The minimum atomic E-state index is -0.690. The Morgan fingerprint density at radius 1 is 1.27 bits per heavy atom. The van der Waals surface area contributed by atoms with Crippen molar-refractivity contribution in [2.24, 2.45) is 0 Å². The zero-order valence-corrected chi connectivity index (χ0v) is 11.9. The monoisotopic (exact) mass is 301 g/mol. The SMILES string of the molecule is O=C1NC2(CCCC2)C(=O)N1Cc1cc(-c2ccco2)on1. The first-order chi connectivity index (χ1) is 10.7. The molecule has 0 unspecified atom stereocenters. The summed E-state index contributed by atoms with van der Waals surface area (Å²) >= 11 is 0. The van der Waals surface area contributed by atoms with Crippen LogP contribution in [0.3, 0.4) is 0 Å². The van der Waals surface area contributed by atoms with Crippen molar-refractivity contribution < 1.29 is 18.5 Å². The van der Waals surface area contributed by atoms with Gasteiger partial charge < -0.3 is 14.3 Å². The van der Waals surface area contributed by atoms with Crippen LogP contribution >= 0.6 is 0 Å². The third-order valence-electron chi connectivity index (χ3n) is 4.35. The molecule has 1 N–H and O–H groups in total. The van der Waals surface area contributed by atoms with Crippen LogP contribution in [-0.2, 0) is 11.3 Å². The number of hydrogen-bond donors (Lipinski definition) is 1. The van der Waals surface area contributed by atoms with Gasteiger partial charge in [-0.25, -0.2) is 4.79 Å². The Labute approximate surface area is 126 Å². The molecule has 22 heavy (non-hydrogen) atoms. The number of aromatic nitrogens is 1. The highest BCUT2D eigenvalue weighted by atomic mass is 16.5. The second-order valence-corrected chi connectivity index (χ2v) is 5.77. The molecule has 0 atom stereocenters. The second kappa shape index (κ2) is 4.72. The quantitative estimate of drug-likeness (QED) is 0.879. The van der Waals surface area contributed by atoms with Crippen molar-refractivity contribution in [2.75, 3.05) is 0 Å². The maximum atomic E-state index is 12.5. The van der Waals surface area contributed by atoms with Gasteiger partial charge in [-0.15, -0.1) is 0 Å². The number of carbonyl (C=O) groups excluding carboxylic acids is 2. The average molecular weight is 301 g/mol. The minimum Gasteiger partial charge on any atom is -0.461 e. The largest absolute Gasteiger partial charge is 0.461 e. The Morgan fingerprint density at radius 2 is 2.09 bits per heavy atom. The molecule has 2 aromatic rings. The van der Waals surface area contributed by atoms with E-state index in [1.807, 2.05) is 0 Å². The molecule has 1 aliphatic carbocycles. The molecule has 2 aromatic heterocycles. The Morgan fingerprint density at radius 3 is 2.82 bits per heavy atom. The van der Waals surface area contributed by atoms with E-state index in [0.717, 1.165) is 12.8 Å². The lowest BCUT2D eigenvalue weighted by molar-refractivity contribution is -0.131. The number of carbonyl (C=O) groups is 2. The van der Waals surface area contributed by atoms with Crippen LogP contribution in [0.15, 0.2) is 33.4 Å². The summed E-state index contributed by atoms with van der Waals surface area (Å²) in [7, 11) is 0. The molecule has 1 saturated heterocycles. The first-order valence-corrected chi connectivity index (χ1v) is 7.32. The molecular formula is C15H15N3O4. The van der Waals surface area contributed by atoms with E-state index < -0.39 is 5.54 Å². The summed E-state index contributed by atoms with van der Waals surface area (Å²) in [5.74, 6) is 0.878. The Kier molecular flexibility index (Phi) is 2.82. The highest BCUT2D eigenvalue weighted by Crippen LogP contribution is 2.35. The summed E-state index contributed by atoms with van der Waals surface area (Å²) in [6, 6.07) is 4.83. The van der Waals surface area contributed by atoms with Gasteiger partial charge in [0.25, 0.3) is 5.91 Å². The molecule has 0 aromatic carbocycles. The van der Waals surface area contributed by atoms with Gasteiger partial charge in [-0.3, -0.25) is 9.69 Å². The average Bonchev–Trinajstić information content (AvgIpc) is 3.25. The van der Waals surface area contributed by atoms with Crippen molar-refractivity contribution in [3.8, 4) is 11.5 Å². The van der Waals surface area contributed by atoms with Gasteiger partial charge in [-0.05, 0) is 25.0 Å². The van der Waals surface area contributed by atoms with E-state index in [0.29, 0.717) is 30.1 Å². The van der Waals surface area contributed by atoms with Crippen molar-refractivity contribution in [3.05, 3.63) is 30.2 Å². The number of furan rings is 1. The van der Waals surface area contributed by atoms with Crippen LogP contribution in [0.2, 0.25) is 0 Å². The second-order valence-electron chi connectivity index (χ2n) is 5.77. The van der Waals surface area contributed by atoms with Gasteiger partial charge in [-0.1, -0.05) is 18.0 Å². The molecule has 0 bridgehead atoms. The van der Waals surface area contributed by atoms with Crippen LogP contribution in [-0.4, -0.2) is 27.5 Å². The topological polar surface area (TPSA) is 88.6 Å². The third kappa shape index (κ3) is 1.93. The highest BCUT2D eigenvalue weighted by molar-refractivity contribution is 6.07. The van der Waals surface area contributed by atoms with E-state index in [-0.39, 0.29) is 18.5 Å². The third-order valence-corrected chi connectivity index (χ3v) is 4.35. The van der Waals surface area contributed by atoms with Crippen LogP contribution in [0.1, 0.15) is 31.4 Å². The van der Waals surface area contributed by atoms with Crippen LogP contribution < -0.4 is 5.32 Å². The van der Waals surface area contributed by atoms with Gasteiger partial charge in [0, 0.05) is 6.07 Å². The van der Waals surface area contributed by atoms with Crippen LogP contribution in [0.4, 0.5) is 4.79 Å².